The van der Waals surface area contributed by atoms with Gasteiger partial charge in [-0.1, -0.05) is 0 Å². The fourth-order valence-corrected chi connectivity index (χ4v) is 2.43. The Morgan fingerprint density at radius 1 is 1.41 bits per heavy atom. The molecule has 2 heterocycles. The number of hydrogen-bond acceptors (Lipinski definition) is 4. The highest BCUT2D eigenvalue weighted by molar-refractivity contribution is 5.76. The highest BCUT2D eigenvalue weighted by Gasteiger charge is 2.22. The Hall–Kier alpha value is -0.650. The number of nitrogens with zero attached hydrogens (tertiary/aromatic N) is 2. The lowest BCUT2D eigenvalue weighted by Gasteiger charge is -2.32. The summed E-state index contributed by atoms with van der Waals surface area (Å²) >= 11 is 0. The van der Waals surface area contributed by atoms with Gasteiger partial charge in [0.05, 0.1) is 13.2 Å². The third kappa shape index (κ3) is 3.94. The van der Waals surface area contributed by atoms with Crippen LogP contribution in [0, 0.1) is 0 Å². The van der Waals surface area contributed by atoms with E-state index in [2.05, 4.69) is 10.2 Å². The average molecular weight is 241 g/mol. The molecule has 2 rings (SSSR count). The molecule has 1 N–H and O–H groups in total. The van der Waals surface area contributed by atoms with E-state index in [0.717, 1.165) is 52.4 Å². The van der Waals surface area contributed by atoms with Crippen molar-refractivity contribution in [3.05, 3.63) is 0 Å². The van der Waals surface area contributed by atoms with Crippen LogP contribution >= 0.6 is 0 Å². The second-order valence-electron chi connectivity index (χ2n) is 4.92. The summed E-state index contributed by atoms with van der Waals surface area (Å²) in [6, 6.07) is 0.471. The molecule has 1 atom stereocenters. The topological polar surface area (TPSA) is 44.8 Å². The van der Waals surface area contributed by atoms with Crippen LogP contribution in [0.3, 0.4) is 0 Å². The van der Waals surface area contributed by atoms with Gasteiger partial charge in [-0.15, -0.1) is 0 Å². The van der Waals surface area contributed by atoms with Gasteiger partial charge >= 0.3 is 0 Å². The molecule has 0 aromatic carbocycles. The molecule has 0 aromatic heterocycles. The highest BCUT2D eigenvalue weighted by atomic mass is 16.5. The SMILES string of the molecule is CN1CC(NCCN2CCOCC2)CCC1=O. The lowest BCUT2D eigenvalue weighted by atomic mass is 10.1. The van der Waals surface area contributed by atoms with Gasteiger partial charge in [-0.25, -0.2) is 0 Å². The molecule has 2 saturated heterocycles. The first-order chi connectivity index (χ1) is 8.25. The van der Waals surface area contributed by atoms with Crippen LogP contribution in [0.2, 0.25) is 0 Å². The monoisotopic (exact) mass is 241 g/mol. The first-order valence-corrected chi connectivity index (χ1v) is 6.53. The number of rotatable bonds is 4. The molecule has 1 amide bonds. The number of nitrogens with one attached hydrogen (secondary N) is 1. The second-order valence-corrected chi connectivity index (χ2v) is 4.92. The molecule has 0 bridgehead atoms. The first kappa shape index (κ1) is 12.8. The summed E-state index contributed by atoms with van der Waals surface area (Å²) in [6.45, 7) is 6.75. The van der Waals surface area contributed by atoms with Crippen LogP contribution in [0.25, 0.3) is 0 Å². The lowest BCUT2D eigenvalue weighted by molar-refractivity contribution is -0.132. The third-order valence-corrected chi connectivity index (χ3v) is 3.59. The summed E-state index contributed by atoms with van der Waals surface area (Å²) in [5, 5.41) is 3.54. The van der Waals surface area contributed by atoms with Crippen molar-refractivity contribution in [3.8, 4) is 0 Å². The molecule has 0 saturated carbocycles. The van der Waals surface area contributed by atoms with Crippen LogP contribution in [-0.2, 0) is 9.53 Å². The van der Waals surface area contributed by atoms with Crippen molar-refractivity contribution in [3.63, 3.8) is 0 Å². The maximum Gasteiger partial charge on any atom is 0.222 e. The molecule has 1 unspecified atom stereocenters. The van der Waals surface area contributed by atoms with Crippen molar-refractivity contribution >= 4 is 5.91 Å². The number of hydrogen-bond donors (Lipinski definition) is 1. The van der Waals surface area contributed by atoms with Crippen molar-refractivity contribution < 1.29 is 9.53 Å². The van der Waals surface area contributed by atoms with Gasteiger partial charge < -0.3 is 15.0 Å². The number of amides is 1. The minimum absolute atomic E-state index is 0.274. The van der Waals surface area contributed by atoms with Gasteiger partial charge in [0.15, 0.2) is 0 Å². The van der Waals surface area contributed by atoms with Crippen LogP contribution in [0.15, 0.2) is 0 Å². The van der Waals surface area contributed by atoms with Gasteiger partial charge in [0, 0.05) is 52.2 Å². The highest BCUT2D eigenvalue weighted by Crippen LogP contribution is 2.09. The quantitative estimate of drug-likeness (QED) is 0.723. The zero-order valence-corrected chi connectivity index (χ0v) is 10.7. The molecule has 5 nitrogen and oxygen atoms in total. The lowest BCUT2D eigenvalue weighted by Crippen LogP contribution is -2.49. The Labute approximate surface area is 103 Å². The van der Waals surface area contributed by atoms with Crippen molar-refractivity contribution in [1.82, 2.24) is 15.1 Å². The van der Waals surface area contributed by atoms with Crippen molar-refractivity contribution in [2.75, 3.05) is 53.0 Å². The Kier molecular flexibility index (Phi) is 4.76. The van der Waals surface area contributed by atoms with Crippen molar-refractivity contribution in [2.45, 2.75) is 18.9 Å². The smallest absolute Gasteiger partial charge is 0.222 e. The van der Waals surface area contributed by atoms with Crippen LogP contribution in [0.5, 0.6) is 0 Å². The Morgan fingerprint density at radius 3 is 2.88 bits per heavy atom. The van der Waals surface area contributed by atoms with E-state index in [-0.39, 0.29) is 5.91 Å². The summed E-state index contributed by atoms with van der Waals surface area (Å²) in [5.41, 5.74) is 0. The van der Waals surface area contributed by atoms with Gasteiger partial charge in [-0.3, -0.25) is 9.69 Å². The number of likely N-dealkylation sites (tertiary alicyclic amines) is 1. The van der Waals surface area contributed by atoms with E-state index in [0.29, 0.717) is 12.5 Å². The minimum Gasteiger partial charge on any atom is -0.379 e. The fourth-order valence-electron chi connectivity index (χ4n) is 2.43. The van der Waals surface area contributed by atoms with Gasteiger partial charge in [0.1, 0.15) is 0 Å². The van der Waals surface area contributed by atoms with Crippen LogP contribution in [-0.4, -0.2) is 74.7 Å². The number of morpholine rings is 1. The fraction of sp³-hybridized carbons (Fsp3) is 0.917. The summed E-state index contributed by atoms with van der Waals surface area (Å²) in [6.07, 6.45) is 1.66. The van der Waals surface area contributed by atoms with Crippen LogP contribution < -0.4 is 5.32 Å². The molecule has 2 aliphatic rings. The van der Waals surface area contributed by atoms with Gasteiger partial charge in [0.25, 0.3) is 0 Å². The number of carbonyl (C=O) groups is 1. The van der Waals surface area contributed by atoms with E-state index in [1.165, 1.54) is 0 Å². The van der Waals surface area contributed by atoms with Gasteiger partial charge in [-0.2, -0.15) is 0 Å². The molecular formula is C12H23N3O2. The minimum atomic E-state index is 0.274. The maximum atomic E-state index is 11.3. The van der Waals surface area contributed by atoms with Crippen LogP contribution in [0.1, 0.15) is 12.8 Å². The predicted molar refractivity (Wildman–Crippen MR) is 65.9 cm³/mol. The predicted octanol–water partition coefficient (Wildman–Crippen LogP) is -0.471. The largest absolute Gasteiger partial charge is 0.379 e. The second kappa shape index (κ2) is 6.33. The molecule has 17 heavy (non-hydrogen) atoms. The Balaban J connectivity index is 1.60. The molecule has 98 valence electrons. The molecule has 0 radical (unpaired) electrons. The molecular weight excluding hydrogens is 218 g/mol. The molecule has 0 aromatic rings. The van der Waals surface area contributed by atoms with Crippen LogP contribution in [0.4, 0.5) is 0 Å². The summed E-state index contributed by atoms with van der Waals surface area (Å²) in [4.78, 5) is 15.6. The Bertz CT molecular complexity index is 254. The number of carbonyl (C=O) groups excluding carboxylic acids is 1. The molecule has 2 fully saturated rings. The van der Waals surface area contributed by atoms with E-state index in [1.54, 1.807) is 0 Å². The van der Waals surface area contributed by atoms with E-state index in [4.69, 9.17) is 4.74 Å². The number of ether oxygens (including phenoxy) is 1. The van der Waals surface area contributed by atoms with E-state index in [1.807, 2.05) is 11.9 Å². The summed E-state index contributed by atoms with van der Waals surface area (Å²) < 4.78 is 5.32. The molecule has 0 aliphatic carbocycles. The zero-order chi connectivity index (χ0) is 12.1. The van der Waals surface area contributed by atoms with E-state index < -0.39 is 0 Å². The summed E-state index contributed by atoms with van der Waals surface area (Å²) in [5.74, 6) is 0.274. The standard InChI is InChI=1S/C12H23N3O2/c1-14-10-11(2-3-12(14)16)13-4-5-15-6-8-17-9-7-15/h11,13H,2-10H2,1H3. The average Bonchev–Trinajstić information content (AvgIpc) is 2.35. The van der Waals surface area contributed by atoms with E-state index >= 15 is 0 Å². The van der Waals surface area contributed by atoms with Gasteiger partial charge in [0.2, 0.25) is 5.91 Å². The normalized spacial score (nSPS) is 27.5. The van der Waals surface area contributed by atoms with Gasteiger partial charge in [-0.05, 0) is 6.42 Å². The molecule has 2 aliphatic heterocycles. The zero-order valence-electron chi connectivity index (χ0n) is 10.7. The number of likely N-dealkylation sites (N-methyl/N-ethyl adjacent to an activating group) is 1. The van der Waals surface area contributed by atoms with E-state index in [9.17, 15) is 4.79 Å². The molecule has 0 spiro atoms. The first-order valence-electron chi connectivity index (χ1n) is 6.53. The molecule has 5 heteroatoms. The van der Waals surface area contributed by atoms with Crippen molar-refractivity contribution in [1.29, 1.82) is 0 Å². The summed E-state index contributed by atoms with van der Waals surface area (Å²) in [7, 11) is 1.89. The van der Waals surface area contributed by atoms with Crippen molar-refractivity contribution in [2.24, 2.45) is 0 Å². The number of piperidine rings is 1. The third-order valence-electron chi connectivity index (χ3n) is 3.59. The maximum absolute atomic E-state index is 11.3. The Morgan fingerprint density at radius 2 is 2.18 bits per heavy atom.